The van der Waals surface area contributed by atoms with Crippen LogP contribution in [0.25, 0.3) is 0 Å². The van der Waals surface area contributed by atoms with Gasteiger partial charge in [-0.25, -0.2) is 5.21 Å². The van der Waals surface area contributed by atoms with Crippen molar-refractivity contribution in [2.75, 3.05) is 0 Å². The highest BCUT2D eigenvalue weighted by Gasteiger charge is 2.34. The number of nitrogens with zero attached hydrogens (tertiary/aromatic N) is 1. The molecule has 1 fully saturated rings. The first-order valence-electron chi connectivity index (χ1n) is 3.90. The second kappa shape index (κ2) is 4.82. The molecule has 1 atom stereocenters. The third kappa shape index (κ3) is 2.58. The Labute approximate surface area is 70.9 Å². The fourth-order valence-electron chi connectivity index (χ4n) is 1.37. The average molecular weight is 175 g/mol. The molecule has 5 heteroatoms. The second-order valence-corrected chi connectivity index (χ2v) is 2.88. The molecule has 0 aromatic heterocycles. The van der Waals surface area contributed by atoms with Gasteiger partial charge in [-0.2, -0.15) is 0 Å². The molecule has 0 radical (unpaired) electrons. The Morgan fingerprint density at radius 1 is 1.33 bits per heavy atom. The lowest BCUT2D eigenvalue weighted by atomic mass is 10.1. The summed E-state index contributed by atoms with van der Waals surface area (Å²) in [4.78, 5) is 21.3. The predicted molar refractivity (Wildman–Crippen MR) is 42.3 cm³/mol. The van der Waals surface area contributed by atoms with Gasteiger partial charge in [0, 0.05) is 12.8 Å². The highest BCUT2D eigenvalue weighted by Crippen LogP contribution is 2.15. The molecular weight excluding hydrogens is 160 g/mol. The van der Waals surface area contributed by atoms with E-state index in [1.54, 1.807) is 0 Å². The summed E-state index contributed by atoms with van der Waals surface area (Å²) in [5.74, 6) is -0.125. The summed E-state index contributed by atoms with van der Waals surface area (Å²) >= 11 is 0. The molecule has 0 aliphatic heterocycles. The molecule has 1 aliphatic carbocycles. The van der Waals surface area contributed by atoms with Gasteiger partial charge in [-0.05, 0) is 12.8 Å². The molecule has 1 unspecified atom stereocenters. The van der Waals surface area contributed by atoms with Gasteiger partial charge in [-0.1, -0.05) is 6.42 Å². The summed E-state index contributed by atoms with van der Waals surface area (Å²) in [6, 6.07) is -0.794. The molecule has 5 nitrogen and oxygen atoms in total. The first-order valence-corrected chi connectivity index (χ1v) is 3.90. The minimum atomic E-state index is -0.794. The molecule has 0 aromatic rings. The Hall–Kier alpha value is -0.970. The number of hydrogen-bond donors (Lipinski definition) is 2. The number of Topliss-reactive ketones (excluding diaryl/α,β-unsaturated/α-hetero) is 1. The highest BCUT2D eigenvalue weighted by atomic mass is 16.6. The standard InChI is InChI=1S/C7H12NO3.H3N/c9-7-5-3-1-2-4-6(7)8(10)11;/h6H,1-5H2,(H,10,11);1H3/q+1;. The molecule has 0 aromatic carbocycles. The maximum absolute atomic E-state index is 11.1. The number of carbonyl (C=O) groups is 1. The summed E-state index contributed by atoms with van der Waals surface area (Å²) in [7, 11) is 0. The van der Waals surface area contributed by atoms with Crippen molar-refractivity contribution in [1.29, 1.82) is 0 Å². The second-order valence-electron chi connectivity index (χ2n) is 2.88. The van der Waals surface area contributed by atoms with Crippen LogP contribution in [0.4, 0.5) is 0 Å². The van der Waals surface area contributed by atoms with Gasteiger partial charge < -0.3 is 6.15 Å². The lowest BCUT2D eigenvalue weighted by Crippen LogP contribution is -2.29. The summed E-state index contributed by atoms with van der Waals surface area (Å²) in [5.41, 5.74) is 0. The van der Waals surface area contributed by atoms with Crippen LogP contribution in [-0.2, 0) is 4.79 Å². The van der Waals surface area contributed by atoms with E-state index in [4.69, 9.17) is 5.21 Å². The van der Waals surface area contributed by atoms with Gasteiger partial charge in [0.1, 0.15) is 0 Å². The Kier molecular flexibility index (Phi) is 4.43. The molecule has 70 valence electrons. The number of carbonyl (C=O) groups excluding carboxylic acids is 1. The third-order valence-corrected chi connectivity index (χ3v) is 2.04. The van der Waals surface area contributed by atoms with Gasteiger partial charge in [0.25, 0.3) is 0 Å². The van der Waals surface area contributed by atoms with E-state index >= 15 is 0 Å². The zero-order valence-electron chi connectivity index (χ0n) is 7.03. The van der Waals surface area contributed by atoms with E-state index in [1.165, 1.54) is 0 Å². The van der Waals surface area contributed by atoms with Gasteiger partial charge in [0.2, 0.25) is 10.7 Å². The van der Waals surface area contributed by atoms with E-state index < -0.39 is 6.04 Å². The SMILES string of the molecule is N.O=C1CCCCCC1[N+](=O)O. The van der Waals surface area contributed by atoms with E-state index in [-0.39, 0.29) is 16.9 Å². The average Bonchev–Trinajstić information content (AvgIpc) is 2.13. The summed E-state index contributed by atoms with van der Waals surface area (Å²) in [6.45, 7) is 0. The number of hydrogen-bond acceptors (Lipinski definition) is 3. The zero-order chi connectivity index (χ0) is 8.27. The molecule has 0 spiro atoms. The van der Waals surface area contributed by atoms with Gasteiger partial charge >= 0.3 is 6.04 Å². The minimum Gasteiger partial charge on any atom is -0.344 e. The predicted octanol–water partition coefficient (Wildman–Crippen LogP) is 1.22. The first-order chi connectivity index (χ1) is 5.22. The number of rotatable bonds is 1. The molecule has 0 bridgehead atoms. The van der Waals surface area contributed by atoms with Gasteiger partial charge in [0.05, 0.1) is 4.91 Å². The molecule has 1 rings (SSSR count). The van der Waals surface area contributed by atoms with Crippen LogP contribution in [0.2, 0.25) is 0 Å². The van der Waals surface area contributed by atoms with E-state index in [2.05, 4.69) is 0 Å². The normalized spacial score (nSPS) is 24.0. The first kappa shape index (κ1) is 11.0. The Morgan fingerprint density at radius 3 is 2.58 bits per heavy atom. The highest BCUT2D eigenvalue weighted by molar-refractivity contribution is 5.82. The van der Waals surface area contributed by atoms with Crippen LogP contribution in [0, 0.1) is 4.91 Å². The summed E-state index contributed by atoms with van der Waals surface area (Å²) in [6.07, 6.45) is 3.62. The van der Waals surface area contributed by atoms with Gasteiger partial charge in [-0.15, -0.1) is 0 Å². The topological polar surface area (TPSA) is 92.4 Å². The number of ketones is 1. The molecule has 12 heavy (non-hydrogen) atoms. The van der Waals surface area contributed by atoms with Crippen LogP contribution in [0.1, 0.15) is 32.1 Å². The van der Waals surface area contributed by atoms with Crippen molar-refractivity contribution in [3.05, 3.63) is 4.91 Å². The van der Waals surface area contributed by atoms with Gasteiger partial charge in [-0.3, -0.25) is 4.79 Å². The van der Waals surface area contributed by atoms with Gasteiger partial charge in [0.15, 0.2) is 0 Å². The van der Waals surface area contributed by atoms with Crippen molar-refractivity contribution < 1.29 is 14.9 Å². The Morgan fingerprint density at radius 2 is 2.00 bits per heavy atom. The maximum atomic E-state index is 11.1. The third-order valence-electron chi connectivity index (χ3n) is 2.04. The fourth-order valence-corrected chi connectivity index (χ4v) is 1.37. The molecule has 1 aliphatic rings. The quantitative estimate of drug-likeness (QED) is 0.463. The van der Waals surface area contributed by atoms with Crippen LogP contribution in [-0.4, -0.2) is 22.0 Å². The summed E-state index contributed by atoms with van der Waals surface area (Å²) < 4.78 is 0. The van der Waals surface area contributed by atoms with E-state index in [0.717, 1.165) is 19.3 Å². The molecule has 0 amide bonds. The fraction of sp³-hybridized carbons (Fsp3) is 0.857. The van der Waals surface area contributed by atoms with E-state index in [9.17, 15) is 9.70 Å². The van der Waals surface area contributed by atoms with Crippen LogP contribution < -0.4 is 6.15 Å². The van der Waals surface area contributed by atoms with Crippen molar-refractivity contribution in [2.24, 2.45) is 0 Å². The van der Waals surface area contributed by atoms with Crippen molar-refractivity contribution in [3.8, 4) is 0 Å². The van der Waals surface area contributed by atoms with Crippen LogP contribution in [0.15, 0.2) is 0 Å². The monoisotopic (exact) mass is 175 g/mol. The van der Waals surface area contributed by atoms with E-state index in [0.29, 0.717) is 12.8 Å². The lowest BCUT2D eigenvalue weighted by molar-refractivity contribution is -0.806. The van der Waals surface area contributed by atoms with Crippen LogP contribution >= 0.6 is 0 Å². The van der Waals surface area contributed by atoms with E-state index in [1.807, 2.05) is 0 Å². The maximum Gasteiger partial charge on any atom is 0.314 e. The molecule has 4 N–H and O–H groups in total. The molecule has 0 saturated heterocycles. The molecule has 0 heterocycles. The minimum absolute atomic E-state index is 0. The van der Waals surface area contributed by atoms with Crippen molar-refractivity contribution in [1.82, 2.24) is 6.15 Å². The Balaban J connectivity index is 0.00000121. The van der Waals surface area contributed by atoms with Crippen LogP contribution in [0.3, 0.4) is 0 Å². The lowest BCUT2D eigenvalue weighted by Gasteiger charge is -1.96. The van der Waals surface area contributed by atoms with Crippen molar-refractivity contribution in [2.45, 2.75) is 38.1 Å². The zero-order valence-corrected chi connectivity index (χ0v) is 7.03. The van der Waals surface area contributed by atoms with Crippen molar-refractivity contribution in [3.63, 3.8) is 0 Å². The molecule has 1 saturated carbocycles. The molecular formula is C7H15N2O3+. The van der Waals surface area contributed by atoms with Crippen molar-refractivity contribution >= 4 is 5.78 Å². The summed E-state index contributed by atoms with van der Waals surface area (Å²) in [5, 5.41) is 8.53. The largest absolute Gasteiger partial charge is 0.344 e. The Bertz CT molecular complexity index is 181. The smallest absolute Gasteiger partial charge is 0.314 e. The van der Waals surface area contributed by atoms with Crippen LogP contribution in [0.5, 0.6) is 0 Å².